The number of nitrogens with two attached hydrogens (primary N) is 1. The van der Waals surface area contributed by atoms with Crippen molar-refractivity contribution in [1.29, 1.82) is 0 Å². The molecule has 0 saturated carbocycles. The normalized spacial score (nSPS) is 11.4. The standard InChI is InChI=1S/C19H16ClFN4/c20-16-10-4-6-12-18(16)23-19(24-25-22)15-9-2-1-7-13(15)14-8-3-5-11-17(14)21/h1-12,25H,22H2,(H,23,24). The van der Waals surface area contributed by atoms with Crippen LogP contribution >= 0.6 is 11.6 Å². The number of hydrogen-bond acceptors (Lipinski definition) is 3. The highest BCUT2D eigenvalue weighted by molar-refractivity contribution is 6.33. The van der Waals surface area contributed by atoms with Crippen molar-refractivity contribution < 1.29 is 4.39 Å². The molecule has 126 valence electrons. The molecule has 0 radical (unpaired) electrons. The number of hydrazine groups is 2. The van der Waals surface area contributed by atoms with Crippen LogP contribution in [0, 0.1) is 5.82 Å². The fourth-order valence-electron chi connectivity index (χ4n) is 2.49. The molecule has 0 atom stereocenters. The fraction of sp³-hybridized carbons (Fsp3) is 0. The first kappa shape index (κ1) is 17.1. The van der Waals surface area contributed by atoms with E-state index in [4.69, 9.17) is 17.4 Å². The summed E-state index contributed by atoms with van der Waals surface area (Å²) in [4.78, 5) is 4.54. The minimum atomic E-state index is -0.312. The predicted octanol–water partition coefficient (Wildman–Crippen LogP) is 4.19. The lowest BCUT2D eigenvalue weighted by Gasteiger charge is -2.14. The minimum Gasteiger partial charge on any atom is -0.292 e. The third-order valence-electron chi connectivity index (χ3n) is 3.62. The van der Waals surface area contributed by atoms with Crippen molar-refractivity contribution in [2.45, 2.75) is 0 Å². The molecule has 4 N–H and O–H groups in total. The van der Waals surface area contributed by atoms with Gasteiger partial charge in [0, 0.05) is 11.1 Å². The van der Waals surface area contributed by atoms with Gasteiger partial charge in [0.15, 0.2) is 0 Å². The monoisotopic (exact) mass is 354 g/mol. The Morgan fingerprint density at radius 2 is 1.52 bits per heavy atom. The zero-order chi connectivity index (χ0) is 17.6. The first-order valence-corrected chi connectivity index (χ1v) is 7.97. The van der Waals surface area contributed by atoms with Gasteiger partial charge in [0.25, 0.3) is 0 Å². The topological polar surface area (TPSA) is 62.4 Å². The molecule has 0 heterocycles. The highest BCUT2D eigenvalue weighted by Crippen LogP contribution is 2.29. The molecule has 3 aromatic carbocycles. The van der Waals surface area contributed by atoms with E-state index in [0.717, 1.165) is 0 Å². The van der Waals surface area contributed by atoms with Gasteiger partial charge in [-0.25, -0.2) is 9.38 Å². The van der Waals surface area contributed by atoms with Crippen LogP contribution in [0.5, 0.6) is 0 Å². The van der Waals surface area contributed by atoms with Gasteiger partial charge < -0.3 is 0 Å². The Morgan fingerprint density at radius 3 is 2.24 bits per heavy atom. The van der Waals surface area contributed by atoms with Gasteiger partial charge in [0.05, 0.1) is 10.7 Å². The van der Waals surface area contributed by atoms with E-state index in [1.807, 2.05) is 36.4 Å². The molecule has 4 nitrogen and oxygen atoms in total. The molecular formula is C19H16ClFN4. The molecule has 0 spiro atoms. The summed E-state index contributed by atoms with van der Waals surface area (Å²) < 4.78 is 14.3. The SMILES string of the molecule is NNNC(=Nc1ccccc1Cl)c1ccccc1-c1ccccc1F. The largest absolute Gasteiger partial charge is 0.292 e. The lowest BCUT2D eigenvalue weighted by molar-refractivity contribution is 0.631. The van der Waals surface area contributed by atoms with E-state index in [9.17, 15) is 4.39 Å². The highest BCUT2D eigenvalue weighted by Gasteiger charge is 2.14. The molecule has 0 aliphatic heterocycles. The van der Waals surface area contributed by atoms with Gasteiger partial charge in [-0.1, -0.05) is 66.2 Å². The van der Waals surface area contributed by atoms with Crippen LogP contribution in [0.3, 0.4) is 0 Å². The van der Waals surface area contributed by atoms with E-state index in [1.165, 1.54) is 6.07 Å². The van der Waals surface area contributed by atoms with Gasteiger partial charge in [-0.05, 0) is 23.8 Å². The van der Waals surface area contributed by atoms with Crippen molar-refractivity contribution >= 4 is 23.1 Å². The van der Waals surface area contributed by atoms with Crippen LogP contribution in [0.2, 0.25) is 5.02 Å². The maximum atomic E-state index is 14.3. The number of nitrogens with one attached hydrogen (secondary N) is 2. The molecule has 25 heavy (non-hydrogen) atoms. The predicted molar refractivity (Wildman–Crippen MR) is 99.9 cm³/mol. The molecule has 0 unspecified atom stereocenters. The first-order chi connectivity index (χ1) is 12.2. The molecule has 0 amide bonds. The number of halogens is 2. The molecule has 6 heteroatoms. The second-order valence-corrected chi connectivity index (χ2v) is 5.61. The molecule has 0 aliphatic carbocycles. The molecular weight excluding hydrogens is 339 g/mol. The summed E-state index contributed by atoms with van der Waals surface area (Å²) in [5.41, 5.74) is 7.61. The van der Waals surface area contributed by atoms with Gasteiger partial charge in [-0.3, -0.25) is 11.3 Å². The second-order valence-electron chi connectivity index (χ2n) is 5.21. The van der Waals surface area contributed by atoms with E-state index in [1.54, 1.807) is 30.3 Å². The van der Waals surface area contributed by atoms with Gasteiger partial charge in [-0.15, -0.1) is 0 Å². The number of aliphatic imine (C=N–C) groups is 1. The molecule has 0 bridgehead atoms. The molecule has 0 aromatic heterocycles. The van der Waals surface area contributed by atoms with E-state index in [0.29, 0.717) is 33.2 Å². The van der Waals surface area contributed by atoms with Crippen LogP contribution in [-0.4, -0.2) is 5.84 Å². The average Bonchev–Trinajstić information content (AvgIpc) is 2.64. The van der Waals surface area contributed by atoms with E-state index >= 15 is 0 Å². The van der Waals surface area contributed by atoms with Crippen LogP contribution in [0.15, 0.2) is 77.8 Å². The Bertz CT molecular complexity index is 911. The van der Waals surface area contributed by atoms with E-state index < -0.39 is 0 Å². The summed E-state index contributed by atoms with van der Waals surface area (Å²) in [5.74, 6) is 5.54. The summed E-state index contributed by atoms with van der Waals surface area (Å²) in [7, 11) is 0. The van der Waals surface area contributed by atoms with Crippen LogP contribution in [0.4, 0.5) is 10.1 Å². The highest BCUT2D eigenvalue weighted by atomic mass is 35.5. The molecule has 0 saturated heterocycles. The van der Waals surface area contributed by atoms with Crippen molar-refractivity contribution in [3.05, 3.63) is 89.2 Å². The Labute approximate surface area is 150 Å². The number of nitrogens with zero attached hydrogens (tertiary/aromatic N) is 1. The van der Waals surface area contributed by atoms with Gasteiger partial charge >= 0.3 is 0 Å². The van der Waals surface area contributed by atoms with Crippen LogP contribution in [0.25, 0.3) is 11.1 Å². The van der Waals surface area contributed by atoms with Gasteiger partial charge in [-0.2, -0.15) is 5.53 Å². The number of benzene rings is 3. The minimum absolute atomic E-state index is 0.312. The third-order valence-corrected chi connectivity index (χ3v) is 3.94. The summed E-state index contributed by atoms with van der Waals surface area (Å²) >= 11 is 6.19. The van der Waals surface area contributed by atoms with Crippen molar-refractivity contribution in [3.8, 4) is 11.1 Å². The number of hydrogen-bond donors (Lipinski definition) is 3. The zero-order valence-corrected chi connectivity index (χ0v) is 14.0. The summed E-state index contributed by atoms with van der Waals surface area (Å²) in [6.45, 7) is 0. The fourth-order valence-corrected chi connectivity index (χ4v) is 2.67. The van der Waals surface area contributed by atoms with Crippen LogP contribution < -0.4 is 16.8 Å². The summed E-state index contributed by atoms with van der Waals surface area (Å²) in [5, 5.41) is 0.502. The first-order valence-electron chi connectivity index (χ1n) is 7.60. The average molecular weight is 355 g/mol. The maximum Gasteiger partial charge on any atom is 0.149 e. The number of rotatable bonds is 4. The smallest absolute Gasteiger partial charge is 0.149 e. The Hall–Kier alpha value is -2.73. The maximum absolute atomic E-state index is 14.3. The van der Waals surface area contributed by atoms with Crippen molar-refractivity contribution in [1.82, 2.24) is 11.0 Å². The van der Waals surface area contributed by atoms with Crippen LogP contribution in [0.1, 0.15) is 5.56 Å². The van der Waals surface area contributed by atoms with E-state index in [2.05, 4.69) is 16.0 Å². The van der Waals surface area contributed by atoms with Gasteiger partial charge in [0.1, 0.15) is 11.7 Å². The Morgan fingerprint density at radius 1 is 0.880 bits per heavy atom. The third kappa shape index (κ3) is 3.85. The Kier molecular flexibility index (Phi) is 5.40. The van der Waals surface area contributed by atoms with E-state index in [-0.39, 0.29) is 5.82 Å². The Balaban J connectivity index is 2.16. The van der Waals surface area contributed by atoms with Gasteiger partial charge in [0.2, 0.25) is 0 Å². The molecule has 3 aromatic rings. The zero-order valence-electron chi connectivity index (χ0n) is 13.2. The lowest BCUT2D eigenvalue weighted by atomic mass is 9.98. The molecule has 3 rings (SSSR count). The van der Waals surface area contributed by atoms with Crippen molar-refractivity contribution in [3.63, 3.8) is 0 Å². The quantitative estimate of drug-likeness (QED) is 0.285. The molecule has 0 fully saturated rings. The number of para-hydroxylation sites is 1. The molecule has 0 aliphatic rings. The van der Waals surface area contributed by atoms with Crippen molar-refractivity contribution in [2.24, 2.45) is 10.8 Å². The summed E-state index contributed by atoms with van der Waals surface area (Å²) in [6, 6.07) is 21.1. The van der Waals surface area contributed by atoms with Crippen LogP contribution in [-0.2, 0) is 0 Å². The summed E-state index contributed by atoms with van der Waals surface area (Å²) in [6.07, 6.45) is 0. The second kappa shape index (κ2) is 7.90. The lowest BCUT2D eigenvalue weighted by Crippen LogP contribution is -2.42. The van der Waals surface area contributed by atoms with Crippen molar-refractivity contribution in [2.75, 3.05) is 0 Å². The number of amidine groups is 1.